The van der Waals surface area contributed by atoms with Gasteiger partial charge in [0.25, 0.3) is 0 Å². The lowest BCUT2D eigenvalue weighted by atomic mass is 10.1. The second-order valence-corrected chi connectivity index (χ2v) is 5.75. The summed E-state index contributed by atoms with van der Waals surface area (Å²) >= 11 is 0. The topological polar surface area (TPSA) is 85.2 Å². The van der Waals surface area contributed by atoms with E-state index in [4.69, 9.17) is 4.74 Å². The number of rotatable bonds is 4. The second-order valence-electron chi connectivity index (χ2n) is 5.75. The molecule has 2 heterocycles. The average Bonchev–Trinajstić information content (AvgIpc) is 3.11. The molecule has 1 aliphatic heterocycles. The van der Waals surface area contributed by atoms with Crippen LogP contribution in [-0.4, -0.2) is 28.5 Å². The van der Waals surface area contributed by atoms with Gasteiger partial charge in [0.15, 0.2) is 0 Å². The molecule has 0 saturated heterocycles. The molecule has 0 aliphatic carbocycles. The fraction of sp³-hybridized carbons (Fsp3) is 0.167. The number of para-hydroxylation sites is 4. The number of aromatic nitrogens is 2. The minimum atomic E-state index is -0.628. The van der Waals surface area contributed by atoms with Crippen molar-refractivity contribution in [3.63, 3.8) is 0 Å². The van der Waals surface area contributed by atoms with Crippen LogP contribution in [0.4, 0.5) is 11.6 Å². The molecule has 7 nitrogen and oxygen atoms in total. The molecule has 1 atom stereocenters. The maximum absolute atomic E-state index is 12.5. The molecule has 2 N–H and O–H groups in total. The highest BCUT2D eigenvalue weighted by Gasteiger charge is 2.34. The van der Waals surface area contributed by atoms with Gasteiger partial charge in [-0.1, -0.05) is 24.3 Å². The average molecular weight is 336 g/mol. The zero-order valence-electron chi connectivity index (χ0n) is 13.5. The van der Waals surface area contributed by atoms with E-state index >= 15 is 0 Å². The van der Waals surface area contributed by atoms with Crippen LogP contribution in [0.2, 0.25) is 0 Å². The first-order valence-electron chi connectivity index (χ1n) is 7.88. The van der Waals surface area contributed by atoms with Crippen LogP contribution in [0.5, 0.6) is 5.75 Å². The highest BCUT2D eigenvalue weighted by Crippen LogP contribution is 2.32. The van der Waals surface area contributed by atoms with Crippen molar-refractivity contribution in [1.82, 2.24) is 9.55 Å². The van der Waals surface area contributed by atoms with Gasteiger partial charge >= 0.3 is 0 Å². The van der Waals surface area contributed by atoms with E-state index < -0.39 is 6.04 Å². The number of anilines is 2. The number of hydrogen-bond acceptors (Lipinski definition) is 4. The van der Waals surface area contributed by atoms with Crippen molar-refractivity contribution in [2.45, 2.75) is 12.5 Å². The molecule has 2 amide bonds. The Morgan fingerprint density at radius 3 is 2.84 bits per heavy atom. The van der Waals surface area contributed by atoms with Gasteiger partial charge in [-0.2, -0.15) is 0 Å². The first-order valence-corrected chi connectivity index (χ1v) is 7.88. The van der Waals surface area contributed by atoms with Crippen molar-refractivity contribution >= 4 is 34.5 Å². The summed E-state index contributed by atoms with van der Waals surface area (Å²) in [6.07, 6.45) is 0.0111. The van der Waals surface area contributed by atoms with E-state index in [1.165, 1.54) is 0 Å². The van der Waals surface area contributed by atoms with Crippen LogP contribution in [-0.2, 0) is 9.59 Å². The van der Waals surface area contributed by atoms with Gasteiger partial charge in [0, 0.05) is 0 Å². The number of carbonyl (C=O) groups is 2. The number of methoxy groups -OCH3 is 1. The van der Waals surface area contributed by atoms with Gasteiger partial charge in [0.2, 0.25) is 17.8 Å². The van der Waals surface area contributed by atoms with Crippen LogP contribution in [0.1, 0.15) is 12.5 Å². The summed E-state index contributed by atoms with van der Waals surface area (Å²) in [6, 6.07) is 14.0. The SMILES string of the molecule is COc1ccccc1NC(=O)CC1C(=O)Nc2nc3ccccc3n21. The summed E-state index contributed by atoms with van der Waals surface area (Å²) < 4.78 is 7.01. The first-order chi connectivity index (χ1) is 12.2. The summed E-state index contributed by atoms with van der Waals surface area (Å²) in [6.45, 7) is 0. The molecule has 25 heavy (non-hydrogen) atoms. The van der Waals surface area contributed by atoms with E-state index in [0.717, 1.165) is 11.0 Å². The molecular formula is C18H16N4O3. The van der Waals surface area contributed by atoms with Gasteiger partial charge in [0.1, 0.15) is 11.8 Å². The molecule has 1 aliphatic rings. The van der Waals surface area contributed by atoms with Gasteiger partial charge in [-0.15, -0.1) is 0 Å². The fourth-order valence-corrected chi connectivity index (χ4v) is 3.07. The summed E-state index contributed by atoms with van der Waals surface area (Å²) in [7, 11) is 1.54. The van der Waals surface area contributed by atoms with E-state index in [9.17, 15) is 9.59 Å². The highest BCUT2D eigenvalue weighted by molar-refractivity contribution is 6.03. The van der Waals surface area contributed by atoms with Crippen molar-refractivity contribution in [3.05, 3.63) is 48.5 Å². The number of amides is 2. The maximum Gasteiger partial charge on any atom is 0.250 e. The van der Waals surface area contributed by atoms with Crippen molar-refractivity contribution in [3.8, 4) is 5.75 Å². The van der Waals surface area contributed by atoms with Gasteiger partial charge in [-0.05, 0) is 24.3 Å². The summed E-state index contributed by atoms with van der Waals surface area (Å²) in [5.74, 6) is 0.542. The highest BCUT2D eigenvalue weighted by atomic mass is 16.5. The van der Waals surface area contributed by atoms with Crippen molar-refractivity contribution in [1.29, 1.82) is 0 Å². The quantitative estimate of drug-likeness (QED) is 0.767. The number of ether oxygens (including phenoxy) is 1. The molecule has 0 bridgehead atoms. The summed E-state index contributed by atoms with van der Waals surface area (Å²) in [5.41, 5.74) is 2.18. The Morgan fingerprint density at radius 2 is 2.00 bits per heavy atom. The lowest BCUT2D eigenvalue weighted by Gasteiger charge is -2.13. The fourth-order valence-electron chi connectivity index (χ4n) is 3.07. The summed E-state index contributed by atoms with van der Waals surface area (Å²) in [5, 5.41) is 5.54. The van der Waals surface area contributed by atoms with E-state index in [2.05, 4.69) is 15.6 Å². The van der Waals surface area contributed by atoms with Crippen LogP contribution in [0, 0.1) is 0 Å². The normalized spacial score (nSPS) is 15.7. The molecule has 7 heteroatoms. The van der Waals surface area contributed by atoms with Crippen molar-refractivity contribution in [2.75, 3.05) is 17.7 Å². The molecule has 1 unspecified atom stereocenters. The minimum Gasteiger partial charge on any atom is -0.495 e. The van der Waals surface area contributed by atoms with Crippen molar-refractivity contribution < 1.29 is 14.3 Å². The Labute approximate surface area is 143 Å². The molecule has 1 aromatic heterocycles. The number of nitrogens with one attached hydrogen (secondary N) is 2. The van der Waals surface area contributed by atoms with Crippen LogP contribution >= 0.6 is 0 Å². The number of imidazole rings is 1. The van der Waals surface area contributed by atoms with E-state index in [1.54, 1.807) is 23.8 Å². The molecular weight excluding hydrogens is 320 g/mol. The third-order valence-corrected chi connectivity index (χ3v) is 4.20. The molecule has 3 aromatic rings. The second kappa shape index (κ2) is 5.94. The van der Waals surface area contributed by atoms with Crippen LogP contribution in [0.25, 0.3) is 11.0 Å². The molecule has 4 rings (SSSR count). The van der Waals surface area contributed by atoms with E-state index in [1.807, 2.05) is 36.4 Å². The molecule has 0 fully saturated rings. The smallest absolute Gasteiger partial charge is 0.250 e. The first kappa shape index (κ1) is 15.2. The van der Waals surface area contributed by atoms with Gasteiger partial charge in [-0.3, -0.25) is 19.5 Å². The zero-order chi connectivity index (χ0) is 17.4. The Kier molecular flexibility index (Phi) is 3.61. The van der Waals surface area contributed by atoms with Gasteiger partial charge in [-0.25, -0.2) is 4.98 Å². The Morgan fingerprint density at radius 1 is 1.24 bits per heavy atom. The molecule has 2 aromatic carbocycles. The van der Waals surface area contributed by atoms with Crippen LogP contribution < -0.4 is 15.4 Å². The van der Waals surface area contributed by atoms with Crippen LogP contribution in [0.15, 0.2) is 48.5 Å². The lowest BCUT2D eigenvalue weighted by Crippen LogP contribution is -2.23. The van der Waals surface area contributed by atoms with Gasteiger partial charge in [0.05, 0.1) is 30.3 Å². The zero-order valence-corrected chi connectivity index (χ0v) is 13.5. The number of benzene rings is 2. The third kappa shape index (κ3) is 2.59. The van der Waals surface area contributed by atoms with Crippen LogP contribution in [0.3, 0.4) is 0 Å². The largest absolute Gasteiger partial charge is 0.495 e. The molecule has 0 spiro atoms. The Hall–Kier alpha value is -3.35. The predicted octanol–water partition coefficient (Wildman–Crippen LogP) is 2.57. The van der Waals surface area contributed by atoms with E-state index in [0.29, 0.717) is 17.4 Å². The monoisotopic (exact) mass is 336 g/mol. The number of fused-ring (bicyclic) bond motifs is 3. The van der Waals surface area contributed by atoms with Gasteiger partial charge < -0.3 is 10.1 Å². The Bertz CT molecular complexity index is 979. The Balaban J connectivity index is 1.59. The standard InChI is InChI=1S/C18H16N4O3/c1-25-15-9-5-3-7-12(15)19-16(23)10-14-17(24)21-18-20-11-6-2-4-8-13(11)22(14)18/h2-9,14H,10H2,1H3,(H,19,23)(H,20,21,24). The molecule has 0 saturated carbocycles. The molecule has 0 radical (unpaired) electrons. The number of hydrogen-bond donors (Lipinski definition) is 2. The lowest BCUT2D eigenvalue weighted by molar-refractivity contribution is -0.123. The van der Waals surface area contributed by atoms with E-state index in [-0.39, 0.29) is 18.2 Å². The molecule has 126 valence electrons. The number of nitrogens with zero attached hydrogens (tertiary/aromatic N) is 2. The minimum absolute atomic E-state index is 0.0111. The third-order valence-electron chi connectivity index (χ3n) is 4.20. The summed E-state index contributed by atoms with van der Waals surface area (Å²) in [4.78, 5) is 29.1. The predicted molar refractivity (Wildman–Crippen MR) is 93.6 cm³/mol. The maximum atomic E-state index is 12.5. The number of carbonyl (C=O) groups excluding carboxylic acids is 2. The van der Waals surface area contributed by atoms with Crippen molar-refractivity contribution in [2.24, 2.45) is 0 Å².